The monoisotopic (exact) mass is 318 g/mol. The largest absolute Gasteiger partial charge is 0.320 e. The first-order chi connectivity index (χ1) is 8.06. The predicted octanol–water partition coefficient (Wildman–Crippen LogP) is 3.38. The minimum absolute atomic E-state index is 0.222. The van der Waals surface area contributed by atoms with Crippen molar-refractivity contribution in [2.24, 2.45) is 0 Å². The lowest BCUT2D eigenvalue weighted by Crippen LogP contribution is -2.33. The van der Waals surface area contributed by atoms with Gasteiger partial charge in [-0.3, -0.25) is 0 Å². The van der Waals surface area contributed by atoms with Gasteiger partial charge in [0.05, 0.1) is 3.79 Å². The van der Waals surface area contributed by atoms with E-state index in [0.29, 0.717) is 0 Å². The highest BCUT2D eigenvalue weighted by Gasteiger charge is 2.21. The van der Waals surface area contributed by atoms with Crippen molar-refractivity contribution in [2.75, 3.05) is 26.7 Å². The predicted molar refractivity (Wildman–Crippen MR) is 81.1 cm³/mol. The van der Waals surface area contributed by atoms with Crippen LogP contribution in [-0.2, 0) is 5.41 Å². The van der Waals surface area contributed by atoms with E-state index in [1.54, 1.807) is 0 Å². The Morgan fingerprint density at radius 3 is 2.53 bits per heavy atom. The van der Waals surface area contributed by atoms with Gasteiger partial charge in [-0.15, -0.1) is 11.3 Å². The minimum atomic E-state index is 0.222. The highest BCUT2D eigenvalue weighted by Crippen LogP contribution is 2.32. The van der Waals surface area contributed by atoms with Crippen LogP contribution >= 0.6 is 27.3 Å². The molecule has 4 heteroatoms. The summed E-state index contributed by atoms with van der Waals surface area (Å²) in [5, 5.41) is 6.73. The molecule has 1 aromatic rings. The van der Waals surface area contributed by atoms with Crippen molar-refractivity contribution in [2.45, 2.75) is 32.1 Å². The molecule has 17 heavy (non-hydrogen) atoms. The van der Waals surface area contributed by atoms with Crippen molar-refractivity contribution >= 4 is 27.3 Å². The molecule has 0 spiro atoms. The Kier molecular flexibility index (Phi) is 6.70. The number of halogens is 1. The van der Waals surface area contributed by atoms with Crippen LogP contribution in [0.25, 0.3) is 0 Å². The van der Waals surface area contributed by atoms with Crippen LogP contribution in [0.2, 0.25) is 0 Å². The highest BCUT2D eigenvalue weighted by atomic mass is 79.9. The highest BCUT2D eigenvalue weighted by molar-refractivity contribution is 9.11. The van der Waals surface area contributed by atoms with Crippen molar-refractivity contribution < 1.29 is 0 Å². The van der Waals surface area contributed by atoms with E-state index < -0.39 is 0 Å². The maximum Gasteiger partial charge on any atom is 0.0701 e. The molecule has 0 saturated carbocycles. The van der Waals surface area contributed by atoms with Gasteiger partial charge in [-0.05, 0) is 61.0 Å². The Hall–Kier alpha value is 0.1000. The summed E-state index contributed by atoms with van der Waals surface area (Å²) in [7, 11) is 2.01. The Bertz CT molecular complexity index is 323. The molecule has 0 bridgehead atoms. The average Bonchev–Trinajstić information content (AvgIpc) is 2.71. The van der Waals surface area contributed by atoms with Gasteiger partial charge in [0.1, 0.15) is 0 Å². The Morgan fingerprint density at radius 2 is 1.94 bits per heavy atom. The summed E-state index contributed by atoms with van der Waals surface area (Å²) in [6, 6.07) is 4.35. The van der Waals surface area contributed by atoms with Crippen LogP contribution < -0.4 is 10.6 Å². The van der Waals surface area contributed by atoms with Gasteiger partial charge in [0.15, 0.2) is 0 Å². The van der Waals surface area contributed by atoms with E-state index in [4.69, 9.17) is 0 Å². The summed E-state index contributed by atoms with van der Waals surface area (Å²) in [4.78, 5) is 1.44. The van der Waals surface area contributed by atoms with E-state index in [1.807, 2.05) is 18.4 Å². The van der Waals surface area contributed by atoms with E-state index in [-0.39, 0.29) is 5.41 Å². The van der Waals surface area contributed by atoms with Gasteiger partial charge in [0.2, 0.25) is 0 Å². The molecule has 0 aliphatic heterocycles. The van der Waals surface area contributed by atoms with Gasteiger partial charge in [0, 0.05) is 16.8 Å². The van der Waals surface area contributed by atoms with Crippen LogP contribution in [0.1, 0.15) is 31.6 Å². The molecule has 1 rings (SSSR count). The molecule has 0 amide bonds. The molecule has 2 N–H and O–H groups in total. The first-order valence-corrected chi connectivity index (χ1v) is 7.78. The zero-order chi connectivity index (χ0) is 12.7. The summed E-state index contributed by atoms with van der Waals surface area (Å²) in [5.41, 5.74) is 0.222. The molecule has 0 fully saturated rings. The van der Waals surface area contributed by atoms with Crippen molar-refractivity contribution in [3.05, 3.63) is 20.8 Å². The Morgan fingerprint density at radius 1 is 1.24 bits per heavy atom. The minimum Gasteiger partial charge on any atom is -0.320 e. The van der Waals surface area contributed by atoms with Crippen LogP contribution in [0, 0.1) is 0 Å². The number of unbranched alkanes of at least 4 members (excludes halogenated alkanes) is 1. The third kappa shape index (κ3) is 5.51. The smallest absolute Gasteiger partial charge is 0.0701 e. The summed E-state index contributed by atoms with van der Waals surface area (Å²) >= 11 is 5.36. The van der Waals surface area contributed by atoms with Gasteiger partial charge in [-0.2, -0.15) is 0 Å². The van der Waals surface area contributed by atoms with Crippen molar-refractivity contribution in [1.82, 2.24) is 10.6 Å². The summed E-state index contributed by atoms with van der Waals surface area (Å²) in [6.07, 6.45) is 2.49. The molecular formula is C13H23BrN2S. The molecule has 0 radical (unpaired) electrons. The SMILES string of the molecule is CNCCCCNCC(C)(C)c1ccc(Br)s1. The summed E-state index contributed by atoms with van der Waals surface area (Å²) in [6.45, 7) is 7.86. The molecule has 1 heterocycles. The third-order valence-corrected chi connectivity index (χ3v) is 4.83. The standard InChI is InChI=1S/C13H23BrN2S/c1-13(2,11-6-7-12(14)17-11)10-16-9-5-4-8-15-3/h6-7,15-16H,4-5,8-10H2,1-3H3. The Balaban J connectivity index is 2.25. The van der Waals surface area contributed by atoms with E-state index in [1.165, 1.54) is 21.5 Å². The summed E-state index contributed by atoms with van der Waals surface area (Å²) in [5.74, 6) is 0. The number of thiophene rings is 1. The zero-order valence-corrected chi connectivity index (χ0v) is 13.4. The van der Waals surface area contributed by atoms with Gasteiger partial charge in [0.25, 0.3) is 0 Å². The second-order valence-corrected chi connectivity index (χ2v) is 7.44. The first-order valence-electron chi connectivity index (χ1n) is 6.17. The van der Waals surface area contributed by atoms with Gasteiger partial charge >= 0.3 is 0 Å². The summed E-state index contributed by atoms with van der Waals surface area (Å²) < 4.78 is 1.22. The van der Waals surface area contributed by atoms with Crippen LogP contribution in [-0.4, -0.2) is 26.7 Å². The molecule has 0 aliphatic rings. The molecule has 0 aromatic carbocycles. The van der Waals surface area contributed by atoms with Gasteiger partial charge in [-0.1, -0.05) is 13.8 Å². The van der Waals surface area contributed by atoms with Crippen LogP contribution in [0.15, 0.2) is 15.9 Å². The normalized spacial score (nSPS) is 12.0. The van der Waals surface area contributed by atoms with E-state index in [0.717, 1.165) is 19.6 Å². The van der Waals surface area contributed by atoms with Gasteiger partial charge < -0.3 is 10.6 Å². The van der Waals surface area contributed by atoms with Crippen molar-refractivity contribution in [3.63, 3.8) is 0 Å². The lowest BCUT2D eigenvalue weighted by molar-refractivity contribution is 0.469. The van der Waals surface area contributed by atoms with Crippen molar-refractivity contribution in [1.29, 1.82) is 0 Å². The fourth-order valence-electron chi connectivity index (χ4n) is 1.72. The lowest BCUT2D eigenvalue weighted by Gasteiger charge is -2.23. The molecule has 0 aliphatic carbocycles. The maximum atomic E-state index is 3.56. The number of rotatable bonds is 8. The maximum absolute atomic E-state index is 3.56. The fraction of sp³-hybridized carbons (Fsp3) is 0.692. The molecule has 0 atom stereocenters. The van der Waals surface area contributed by atoms with Gasteiger partial charge in [-0.25, -0.2) is 0 Å². The van der Waals surface area contributed by atoms with E-state index in [2.05, 4.69) is 52.5 Å². The van der Waals surface area contributed by atoms with E-state index >= 15 is 0 Å². The second-order valence-electron chi connectivity index (χ2n) is 4.98. The third-order valence-electron chi connectivity index (χ3n) is 2.84. The average molecular weight is 319 g/mol. The molecule has 0 saturated heterocycles. The first kappa shape index (κ1) is 15.2. The van der Waals surface area contributed by atoms with E-state index in [9.17, 15) is 0 Å². The molecular weight excluding hydrogens is 296 g/mol. The number of hydrogen-bond donors (Lipinski definition) is 2. The second kappa shape index (κ2) is 7.52. The number of hydrogen-bond acceptors (Lipinski definition) is 3. The molecule has 2 nitrogen and oxygen atoms in total. The van der Waals surface area contributed by atoms with Crippen LogP contribution in [0.5, 0.6) is 0 Å². The van der Waals surface area contributed by atoms with Crippen molar-refractivity contribution in [3.8, 4) is 0 Å². The van der Waals surface area contributed by atoms with Crippen LogP contribution in [0.3, 0.4) is 0 Å². The lowest BCUT2D eigenvalue weighted by atomic mass is 9.91. The molecule has 98 valence electrons. The fourth-order valence-corrected chi connectivity index (χ4v) is 3.20. The zero-order valence-electron chi connectivity index (χ0n) is 11.0. The molecule has 1 aromatic heterocycles. The Labute approximate surface area is 117 Å². The molecule has 0 unspecified atom stereocenters. The van der Waals surface area contributed by atoms with Crippen LogP contribution in [0.4, 0.5) is 0 Å². The quantitative estimate of drug-likeness (QED) is 0.718. The number of nitrogens with one attached hydrogen (secondary N) is 2. The topological polar surface area (TPSA) is 24.1 Å².